The number of amides is 1. The van der Waals surface area contributed by atoms with Gasteiger partial charge in [-0.05, 0) is 49.9 Å². The number of nitrogens with zero attached hydrogens (tertiary/aromatic N) is 1. The zero-order chi connectivity index (χ0) is 17.8. The summed E-state index contributed by atoms with van der Waals surface area (Å²) < 4.78 is 0. The number of likely N-dealkylation sites (tertiary alicyclic amines) is 1. The number of benzene rings is 2. The van der Waals surface area contributed by atoms with E-state index in [0.29, 0.717) is 25.2 Å². The lowest BCUT2D eigenvalue weighted by Gasteiger charge is -2.30. The number of hydrogen-bond acceptors (Lipinski definition) is 3. The van der Waals surface area contributed by atoms with Gasteiger partial charge in [-0.15, -0.1) is 0 Å². The number of nitrogens with one attached hydrogen (secondary N) is 1. The summed E-state index contributed by atoms with van der Waals surface area (Å²) in [4.78, 5) is 14.6. The van der Waals surface area contributed by atoms with Crippen molar-refractivity contribution in [2.24, 2.45) is 0 Å². The lowest BCUT2D eigenvalue weighted by atomic mass is 10.0. The zero-order valence-corrected chi connectivity index (χ0v) is 15.0. The summed E-state index contributed by atoms with van der Waals surface area (Å²) in [5, 5.41) is 13.3. The number of rotatable bonds is 4. The van der Waals surface area contributed by atoms with Crippen LogP contribution in [0.5, 0.6) is 0 Å². The molecule has 1 fully saturated rings. The van der Waals surface area contributed by atoms with Gasteiger partial charge in [-0.3, -0.25) is 4.79 Å². The highest BCUT2D eigenvalue weighted by atomic mass is 16.3. The third-order valence-corrected chi connectivity index (χ3v) is 4.82. The fourth-order valence-electron chi connectivity index (χ4n) is 3.31. The summed E-state index contributed by atoms with van der Waals surface area (Å²) in [5.74, 6) is -0.0113. The third kappa shape index (κ3) is 4.20. The number of aliphatic hydroxyl groups excluding tert-OH is 1. The maximum absolute atomic E-state index is 12.9. The van der Waals surface area contributed by atoms with Gasteiger partial charge in [-0.25, -0.2) is 0 Å². The van der Waals surface area contributed by atoms with Crippen LogP contribution in [-0.4, -0.2) is 35.1 Å². The molecule has 0 saturated carbocycles. The van der Waals surface area contributed by atoms with E-state index in [1.807, 2.05) is 24.3 Å². The number of aryl methyl sites for hydroxylation is 2. The molecule has 1 aliphatic heterocycles. The van der Waals surface area contributed by atoms with Crippen LogP contribution in [0.25, 0.3) is 0 Å². The largest absolute Gasteiger partial charge is 0.391 e. The van der Waals surface area contributed by atoms with Crippen molar-refractivity contribution in [3.63, 3.8) is 0 Å². The predicted molar refractivity (Wildman–Crippen MR) is 101 cm³/mol. The molecule has 4 nitrogen and oxygen atoms in total. The first-order chi connectivity index (χ1) is 12.0. The molecular weight excluding hydrogens is 312 g/mol. The van der Waals surface area contributed by atoms with E-state index < -0.39 is 6.10 Å². The highest BCUT2D eigenvalue weighted by molar-refractivity contribution is 5.99. The van der Waals surface area contributed by atoms with E-state index in [4.69, 9.17) is 0 Å². The van der Waals surface area contributed by atoms with E-state index in [-0.39, 0.29) is 5.91 Å². The molecule has 3 rings (SSSR count). The summed E-state index contributed by atoms with van der Waals surface area (Å²) in [6.45, 7) is 6.00. The second-order valence-corrected chi connectivity index (χ2v) is 6.88. The van der Waals surface area contributed by atoms with Gasteiger partial charge < -0.3 is 15.3 Å². The average molecular weight is 338 g/mol. The monoisotopic (exact) mass is 338 g/mol. The predicted octanol–water partition coefficient (Wildman–Crippen LogP) is 3.51. The van der Waals surface area contributed by atoms with Crippen LogP contribution in [0.1, 0.15) is 39.9 Å². The molecule has 0 aromatic heterocycles. The van der Waals surface area contributed by atoms with Crippen LogP contribution in [0.2, 0.25) is 0 Å². The van der Waals surface area contributed by atoms with Crippen molar-refractivity contribution < 1.29 is 9.90 Å². The molecule has 0 radical (unpaired) electrons. The molecule has 132 valence electrons. The minimum atomic E-state index is -0.409. The van der Waals surface area contributed by atoms with Crippen LogP contribution in [0.3, 0.4) is 0 Å². The van der Waals surface area contributed by atoms with Crippen molar-refractivity contribution in [2.75, 3.05) is 18.4 Å². The molecule has 2 aromatic rings. The van der Waals surface area contributed by atoms with Crippen LogP contribution < -0.4 is 5.32 Å². The number of hydrogen-bond donors (Lipinski definition) is 2. The highest BCUT2D eigenvalue weighted by Gasteiger charge is 2.24. The standard InChI is InChI=1S/C21H26N2O2/c1-15-9-10-16(2)17(12-15)13-22-20-8-4-3-7-19(20)21(25)23-11-5-6-18(24)14-23/h3-4,7-10,12,18,22,24H,5-6,11,13-14H2,1-2H3/t18-/m1/s1. The number of anilines is 1. The molecule has 0 aliphatic carbocycles. The van der Waals surface area contributed by atoms with Crippen molar-refractivity contribution in [1.82, 2.24) is 4.90 Å². The second kappa shape index (κ2) is 7.70. The van der Waals surface area contributed by atoms with Gasteiger partial charge in [0.15, 0.2) is 0 Å². The molecule has 2 aromatic carbocycles. The van der Waals surface area contributed by atoms with Crippen molar-refractivity contribution in [2.45, 2.75) is 39.3 Å². The Kier molecular flexibility index (Phi) is 5.39. The lowest BCUT2D eigenvalue weighted by Crippen LogP contribution is -2.42. The fourth-order valence-corrected chi connectivity index (χ4v) is 3.31. The minimum absolute atomic E-state index is 0.0113. The number of β-amino-alcohol motifs (C(OH)–C–C–N with tert-alkyl or cyclic N) is 1. The topological polar surface area (TPSA) is 52.6 Å². The van der Waals surface area contributed by atoms with Gasteiger partial charge in [0.25, 0.3) is 5.91 Å². The van der Waals surface area contributed by atoms with Gasteiger partial charge in [0.2, 0.25) is 0 Å². The Balaban J connectivity index is 1.76. The quantitative estimate of drug-likeness (QED) is 0.897. The van der Waals surface area contributed by atoms with E-state index >= 15 is 0 Å². The fraction of sp³-hybridized carbons (Fsp3) is 0.381. The smallest absolute Gasteiger partial charge is 0.256 e. The van der Waals surface area contributed by atoms with Crippen LogP contribution in [0, 0.1) is 13.8 Å². The van der Waals surface area contributed by atoms with E-state index in [1.165, 1.54) is 16.7 Å². The minimum Gasteiger partial charge on any atom is -0.391 e. The van der Waals surface area contributed by atoms with Crippen LogP contribution in [0.15, 0.2) is 42.5 Å². The zero-order valence-electron chi connectivity index (χ0n) is 15.0. The molecule has 0 unspecified atom stereocenters. The van der Waals surface area contributed by atoms with E-state index in [2.05, 4.69) is 37.4 Å². The first-order valence-corrected chi connectivity index (χ1v) is 8.91. The van der Waals surface area contributed by atoms with Crippen LogP contribution >= 0.6 is 0 Å². The Morgan fingerprint density at radius 1 is 1.24 bits per heavy atom. The number of para-hydroxylation sites is 1. The summed E-state index contributed by atoms with van der Waals surface area (Å²) in [5.41, 5.74) is 5.21. The summed E-state index contributed by atoms with van der Waals surface area (Å²) in [6, 6.07) is 14.0. The molecule has 1 amide bonds. The number of carbonyl (C=O) groups is 1. The molecule has 25 heavy (non-hydrogen) atoms. The highest BCUT2D eigenvalue weighted by Crippen LogP contribution is 2.21. The second-order valence-electron chi connectivity index (χ2n) is 6.88. The number of aliphatic hydroxyl groups is 1. The molecule has 0 bridgehead atoms. The molecule has 1 atom stereocenters. The van der Waals surface area contributed by atoms with Gasteiger partial charge in [-0.1, -0.05) is 35.9 Å². The van der Waals surface area contributed by atoms with Gasteiger partial charge in [-0.2, -0.15) is 0 Å². The summed E-state index contributed by atoms with van der Waals surface area (Å²) in [7, 11) is 0. The van der Waals surface area contributed by atoms with E-state index in [0.717, 1.165) is 18.5 Å². The Bertz CT molecular complexity index is 757. The Morgan fingerprint density at radius 3 is 2.84 bits per heavy atom. The maximum Gasteiger partial charge on any atom is 0.256 e. The molecule has 1 heterocycles. The normalized spacial score (nSPS) is 17.4. The number of piperidine rings is 1. The number of carbonyl (C=O) groups excluding carboxylic acids is 1. The van der Waals surface area contributed by atoms with Crippen molar-refractivity contribution in [3.05, 3.63) is 64.7 Å². The molecule has 1 saturated heterocycles. The molecule has 0 spiro atoms. The first kappa shape index (κ1) is 17.5. The van der Waals surface area contributed by atoms with Gasteiger partial charge in [0.1, 0.15) is 0 Å². The Labute approximate surface area is 149 Å². The van der Waals surface area contributed by atoms with Crippen LogP contribution in [0.4, 0.5) is 5.69 Å². The van der Waals surface area contributed by atoms with Gasteiger partial charge in [0.05, 0.1) is 11.7 Å². The van der Waals surface area contributed by atoms with Gasteiger partial charge in [0, 0.05) is 25.3 Å². The van der Waals surface area contributed by atoms with Crippen LogP contribution in [-0.2, 0) is 6.54 Å². The Morgan fingerprint density at radius 2 is 2.04 bits per heavy atom. The first-order valence-electron chi connectivity index (χ1n) is 8.91. The summed E-state index contributed by atoms with van der Waals surface area (Å²) in [6.07, 6.45) is 1.22. The van der Waals surface area contributed by atoms with Crippen molar-refractivity contribution in [3.8, 4) is 0 Å². The lowest BCUT2D eigenvalue weighted by molar-refractivity contribution is 0.0474. The van der Waals surface area contributed by atoms with E-state index in [9.17, 15) is 9.90 Å². The molecule has 2 N–H and O–H groups in total. The van der Waals surface area contributed by atoms with Gasteiger partial charge >= 0.3 is 0 Å². The summed E-state index contributed by atoms with van der Waals surface area (Å²) >= 11 is 0. The molecule has 4 heteroatoms. The maximum atomic E-state index is 12.9. The van der Waals surface area contributed by atoms with Crippen molar-refractivity contribution >= 4 is 11.6 Å². The van der Waals surface area contributed by atoms with E-state index in [1.54, 1.807) is 4.90 Å². The molecular formula is C21H26N2O2. The average Bonchev–Trinajstić information content (AvgIpc) is 2.62. The third-order valence-electron chi connectivity index (χ3n) is 4.82. The SMILES string of the molecule is Cc1ccc(C)c(CNc2ccccc2C(=O)N2CCC[C@@H](O)C2)c1. The molecule has 1 aliphatic rings. The van der Waals surface area contributed by atoms with Crippen molar-refractivity contribution in [1.29, 1.82) is 0 Å². The Hall–Kier alpha value is -2.33.